The predicted octanol–water partition coefficient (Wildman–Crippen LogP) is 1.25. The summed E-state index contributed by atoms with van der Waals surface area (Å²) in [5.41, 5.74) is 1.60. The molecule has 1 saturated heterocycles. The van der Waals surface area contributed by atoms with Crippen LogP contribution in [0.3, 0.4) is 0 Å². The molecule has 0 atom stereocenters. The van der Waals surface area contributed by atoms with Crippen molar-refractivity contribution < 1.29 is 17.9 Å². The van der Waals surface area contributed by atoms with E-state index < -0.39 is 10.0 Å². The Bertz CT molecular complexity index is 766. The van der Waals surface area contributed by atoms with Gasteiger partial charge in [-0.3, -0.25) is 4.90 Å². The average Bonchev–Trinajstić information content (AvgIpc) is 2.71. The van der Waals surface area contributed by atoms with E-state index >= 15 is 0 Å². The highest BCUT2D eigenvalue weighted by molar-refractivity contribution is 7.93. The zero-order valence-corrected chi connectivity index (χ0v) is 17.0. The molecule has 154 valence electrons. The Balaban J connectivity index is 1.88. The molecule has 1 heterocycles. The minimum absolute atomic E-state index is 0.223. The van der Waals surface area contributed by atoms with Crippen LogP contribution in [0.4, 0.5) is 5.69 Å². The zero-order chi connectivity index (χ0) is 20.2. The minimum Gasteiger partial charge on any atom is -0.385 e. The number of ether oxygens (including phenoxy) is 2. The van der Waals surface area contributed by atoms with Crippen LogP contribution in [-0.4, -0.2) is 73.0 Å². The second-order valence-corrected chi connectivity index (χ2v) is 8.10. The van der Waals surface area contributed by atoms with Gasteiger partial charge in [0, 0.05) is 52.1 Å². The molecule has 8 nitrogen and oxygen atoms in total. The third-order valence-electron chi connectivity index (χ3n) is 4.29. The Labute approximate surface area is 167 Å². The molecule has 0 amide bonds. The molecule has 28 heavy (non-hydrogen) atoms. The van der Waals surface area contributed by atoms with E-state index in [0.717, 1.165) is 45.1 Å². The van der Waals surface area contributed by atoms with E-state index in [9.17, 15) is 13.7 Å². The molecule has 0 radical (unpaired) electrons. The van der Waals surface area contributed by atoms with Crippen molar-refractivity contribution in [2.75, 3.05) is 65.0 Å². The van der Waals surface area contributed by atoms with E-state index in [1.165, 1.54) is 6.08 Å². The molecule has 1 aliphatic heterocycles. The normalized spacial score (nSPS) is 15.9. The smallest absolute Gasteiger partial charge is 0.250 e. The summed E-state index contributed by atoms with van der Waals surface area (Å²) in [5.74, 6) is 0. The summed E-state index contributed by atoms with van der Waals surface area (Å²) in [6.07, 6.45) is 1.91. The SMILES string of the molecule is COCCCNS(=O)(=O)/C(C#N)=C/c1ccc(NCCN2CCOCC2)cc1. The fraction of sp³-hybridized carbons (Fsp3) is 0.526. The second kappa shape index (κ2) is 11.8. The molecule has 1 aliphatic rings. The van der Waals surface area contributed by atoms with Crippen molar-refractivity contribution in [3.8, 4) is 6.07 Å². The van der Waals surface area contributed by atoms with Crippen LogP contribution in [0.5, 0.6) is 0 Å². The Hall–Kier alpha value is -1.96. The molecule has 1 fully saturated rings. The fourth-order valence-corrected chi connectivity index (χ4v) is 3.68. The number of methoxy groups -OCH3 is 1. The van der Waals surface area contributed by atoms with Gasteiger partial charge < -0.3 is 14.8 Å². The molecule has 2 rings (SSSR count). The van der Waals surface area contributed by atoms with Gasteiger partial charge in [0.05, 0.1) is 13.2 Å². The van der Waals surface area contributed by atoms with E-state index in [-0.39, 0.29) is 11.4 Å². The molecule has 0 unspecified atom stereocenters. The van der Waals surface area contributed by atoms with Gasteiger partial charge in [0.15, 0.2) is 4.91 Å². The molecule has 9 heteroatoms. The van der Waals surface area contributed by atoms with Gasteiger partial charge in [-0.25, -0.2) is 13.1 Å². The molecular formula is C19H28N4O4S. The minimum atomic E-state index is -3.82. The maximum Gasteiger partial charge on any atom is 0.250 e. The number of sulfonamides is 1. The molecule has 1 aromatic rings. The number of hydrogen-bond donors (Lipinski definition) is 2. The lowest BCUT2D eigenvalue weighted by molar-refractivity contribution is 0.0398. The molecule has 0 spiro atoms. The van der Waals surface area contributed by atoms with Gasteiger partial charge in [-0.05, 0) is 30.2 Å². The first-order valence-electron chi connectivity index (χ1n) is 9.29. The Kier molecular flexibility index (Phi) is 9.40. The van der Waals surface area contributed by atoms with Gasteiger partial charge in [0.1, 0.15) is 6.07 Å². The van der Waals surface area contributed by atoms with Crippen molar-refractivity contribution >= 4 is 21.8 Å². The van der Waals surface area contributed by atoms with E-state index in [0.29, 0.717) is 18.6 Å². The summed E-state index contributed by atoms with van der Waals surface area (Å²) < 4.78 is 37.1. The number of hydrogen-bond acceptors (Lipinski definition) is 7. The number of anilines is 1. The maximum absolute atomic E-state index is 12.2. The third kappa shape index (κ3) is 7.58. The monoisotopic (exact) mass is 408 g/mol. The first kappa shape index (κ1) is 22.3. The number of morpholine rings is 1. The number of nitrogens with one attached hydrogen (secondary N) is 2. The lowest BCUT2D eigenvalue weighted by Gasteiger charge is -2.26. The van der Waals surface area contributed by atoms with Gasteiger partial charge in [0.2, 0.25) is 0 Å². The third-order valence-corrected chi connectivity index (χ3v) is 5.66. The molecule has 0 saturated carbocycles. The Morgan fingerprint density at radius 1 is 1.29 bits per heavy atom. The lowest BCUT2D eigenvalue weighted by Crippen LogP contribution is -2.38. The number of rotatable bonds is 11. The fourth-order valence-electron chi connectivity index (χ4n) is 2.70. The van der Waals surface area contributed by atoms with E-state index in [1.54, 1.807) is 25.3 Å². The average molecular weight is 409 g/mol. The molecule has 0 aliphatic carbocycles. The van der Waals surface area contributed by atoms with E-state index in [1.807, 2.05) is 12.1 Å². The molecule has 1 aromatic carbocycles. The molecule has 0 aromatic heterocycles. The Morgan fingerprint density at radius 3 is 2.64 bits per heavy atom. The number of nitriles is 1. The van der Waals surface area contributed by atoms with Crippen molar-refractivity contribution in [3.05, 3.63) is 34.7 Å². The summed E-state index contributed by atoms with van der Waals surface area (Å²) in [7, 11) is -2.27. The van der Waals surface area contributed by atoms with Crippen molar-refractivity contribution in [2.24, 2.45) is 0 Å². The molecular weight excluding hydrogens is 380 g/mol. The van der Waals surface area contributed by atoms with Crippen molar-refractivity contribution in [2.45, 2.75) is 6.42 Å². The first-order chi connectivity index (χ1) is 13.5. The quantitative estimate of drug-likeness (QED) is 0.419. The topological polar surface area (TPSA) is 104 Å². The van der Waals surface area contributed by atoms with Crippen LogP contribution in [0, 0.1) is 11.3 Å². The highest BCUT2D eigenvalue weighted by atomic mass is 32.2. The second-order valence-electron chi connectivity index (χ2n) is 6.37. The van der Waals surface area contributed by atoms with E-state index in [2.05, 4.69) is 14.9 Å². The van der Waals surface area contributed by atoms with Gasteiger partial charge in [-0.2, -0.15) is 5.26 Å². The lowest BCUT2D eigenvalue weighted by atomic mass is 10.2. The summed E-state index contributed by atoms with van der Waals surface area (Å²) >= 11 is 0. The largest absolute Gasteiger partial charge is 0.385 e. The van der Waals surface area contributed by atoms with Crippen LogP contribution >= 0.6 is 0 Å². The van der Waals surface area contributed by atoms with Crippen LogP contribution in [0.15, 0.2) is 29.2 Å². The van der Waals surface area contributed by atoms with Gasteiger partial charge in [-0.15, -0.1) is 0 Å². The zero-order valence-electron chi connectivity index (χ0n) is 16.2. The predicted molar refractivity (Wildman–Crippen MR) is 109 cm³/mol. The van der Waals surface area contributed by atoms with Crippen molar-refractivity contribution in [1.82, 2.24) is 9.62 Å². The van der Waals surface area contributed by atoms with Crippen LogP contribution in [0.2, 0.25) is 0 Å². The van der Waals surface area contributed by atoms with Gasteiger partial charge >= 0.3 is 0 Å². The van der Waals surface area contributed by atoms with Crippen LogP contribution < -0.4 is 10.0 Å². The number of benzene rings is 1. The standard InChI is InChI=1S/C19H28N4O4S/c1-26-12-2-7-22-28(24,25)19(16-20)15-17-3-5-18(6-4-17)21-8-9-23-10-13-27-14-11-23/h3-6,15,21-22H,2,7-14H2,1H3/b19-15+. The van der Waals surface area contributed by atoms with Crippen LogP contribution in [-0.2, 0) is 19.5 Å². The number of nitrogens with zero attached hydrogens (tertiary/aromatic N) is 2. The highest BCUT2D eigenvalue weighted by Crippen LogP contribution is 2.15. The van der Waals surface area contributed by atoms with Gasteiger partial charge in [-0.1, -0.05) is 12.1 Å². The van der Waals surface area contributed by atoms with Crippen molar-refractivity contribution in [1.29, 1.82) is 5.26 Å². The summed E-state index contributed by atoms with van der Waals surface area (Å²) in [5, 5.41) is 12.6. The summed E-state index contributed by atoms with van der Waals surface area (Å²) in [6.45, 7) is 5.91. The summed E-state index contributed by atoms with van der Waals surface area (Å²) in [4.78, 5) is 2.04. The van der Waals surface area contributed by atoms with Crippen LogP contribution in [0.1, 0.15) is 12.0 Å². The first-order valence-corrected chi connectivity index (χ1v) is 10.8. The summed E-state index contributed by atoms with van der Waals surface area (Å²) in [6, 6.07) is 9.09. The Morgan fingerprint density at radius 2 is 2.00 bits per heavy atom. The van der Waals surface area contributed by atoms with Gasteiger partial charge in [0.25, 0.3) is 10.0 Å². The number of allylic oxidation sites excluding steroid dienone is 1. The maximum atomic E-state index is 12.2. The van der Waals surface area contributed by atoms with Crippen LogP contribution in [0.25, 0.3) is 6.08 Å². The van der Waals surface area contributed by atoms with Crippen molar-refractivity contribution in [3.63, 3.8) is 0 Å². The molecule has 0 bridgehead atoms. The van der Waals surface area contributed by atoms with E-state index in [4.69, 9.17) is 9.47 Å². The highest BCUT2D eigenvalue weighted by Gasteiger charge is 2.16. The molecule has 2 N–H and O–H groups in total.